The van der Waals surface area contributed by atoms with E-state index in [0.717, 1.165) is 24.9 Å². The minimum atomic E-state index is 0.179. The molecule has 0 aliphatic carbocycles. The molecule has 1 N–H and O–H groups in total. The predicted molar refractivity (Wildman–Crippen MR) is 79.8 cm³/mol. The van der Waals surface area contributed by atoms with Crippen LogP contribution in [0.25, 0.3) is 0 Å². The van der Waals surface area contributed by atoms with Gasteiger partial charge in [0.1, 0.15) is 17.2 Å². The maximum Gasteiger partial charge on any atom is 0.129 e. The topological polar surface area (TPSA) is 41.9 Å². The molecule has 0 saturated carbocycles. The number of phenolic OH excluding ortho intramolecular Hbond substituents is 1. The lowest BCUT2D eigenvalue weighted by atomic mass is 10.1. The van der Waals surface area contributed by atoms with Gasteiger partial charge in [0.15, 0.2) is 0 Å². The number of nitrogens with zero attached hydrogens (tertiary/aromatic N) is 1. The number of methoxy groups -OCH3 is 2. The molecule has 4 nitrogen and oxygen atoms in total. The van der Waals surface area contributed by atoms with Gasteiger partial charge in [0.25, 0.3) is 0 Å². The Kier molecular flexibility index (Phi) is 5.53. The first-order chi connectivity index (χ1) is 9.74. The lowest BCUT2D eigenvalue weighted by molar-refractivity contribution is 0.226. The molecule has 1 fully saturated rings. The van der Waals surface area contributed by atoms with Gasteiger partial charge in [-0.3, -0.25) is 0 Å². The van der Waals surface area contributed by atoms with Gasteiger partial charge in [-0.15, -0.1) is 0 Å². The average molecular weight is 279 g/mol. The Morgan fingerprint density at radius 3 is 2.20 bits per heavy atom. The second-order valence-electron chi connectivity index (χ2n) is 5.33. The SMILES string of the molecule is COc1cc(O)cc(OC)c1CCCN1CCCCC1. The molecule has 4 heteroatoms. The molecule has 0 aromatic heterocycles. The number of benzene rings is 1. The van der Waals surface area contributed by atoms with Crippen molar-refractivity contribution in [2.45, 2.75) is 32.1 Å². The van der Waals surface area contributed by atoms with Crippen LogP contribution in [-0.4, -0.2) is 43.9 Å². The second-order valence-corrected chi connectivity index (χ2v) is 5.33. The van der Waals surface area contributed by atoms with Crippen LogP contribution in [-0.2, 0) is 6.42 Å². The zero-order valence-corrected chi connectivity index (χ0v) is 12.5. The van der Waals surface area contributed by atoms with Crippen molar-refractivity contribution in [3.8, 4) is 17.2 Å². The van der Waals surface area contributed by atoms with Crippen LogP contribution in [0.4, 0.5) is 0 Å². The van der Waals surface area contributed by atoms with Crippen LogP contribution in [0.2, 0.25) is 0 Å². The van der Waals surface area contributed by atoms with Crippen molar-refractivity contribution in [2.24, 2.45) is 0 Å². The number of hydrogen-bond acceptors (Lipinski definition) is 4. The van der Waals surface area contributed by atoms with E-state index >= 15 is 0 Å². The molecule has 1 heterocycles. The summed E-state index contributed by atoms with van der Waals surface area (Å²) in [7, 11) is 3.25. The van der Waals surface area contributed by atoms with Crippen LogP contribution in [0.15, 0.2) is 12.1 Å². The van der Waals surface area contributed by atoms with Gasteiger partial charge in [0.2, 0.25) is 0 Å². The lowest BCUT2D eigenvalue weighted by Gasteiger charge is -2.26. The van der Waals surface area contributed by atoms with E-state index in [1.165, 1.54) is 32.4 Å². The highest BCUT2D eigenvalue weighted by Crippen LogP contribution is 2.34. The highest BCUT2D eigenvalue weighted by molar-refractivity contribution is 5.50. The van der Waals surface area contributed by atoms with Crippen molar-refractivity contribution < 1.29 is 14.6 Å². The van der Waals surface area contributed by atoms with Crippen LogP contribution < -0.4 is 9.47 Å². The number of likely N-dealkylation sites (tertiary alicyclic amines) is 1. The third kappa shape index (κ3) is 3.79. The summed E-state index contributed by atoms with van der Waals surface area (Å²) < 4.78 is 10.7. The van der Waals surface area contributed by atoms with Crippen LogP contribution in [0.5, 0.6) is 17.2 Å². The molecular formula is C16H25NO3. The maximum atomic E-state index is 9.64. The van der Waals surface area contributed by atoms with Crippen LogP contribution in [0.3, 0.4) is 0 Å². The Morgan fingerprint density at radius 1 is 1.05 bits per heavy atom. The normalized spacial score (nSPS) is 16.1. The lowest BCUT2D eigenvalue weighted by Crippen LogP contribution is -2.30. The average Bonchev–Trinajstić information content (AvgIpc) is 2.49. The van der Waals surface area contributed by atoms with E-state index in [1.54, 1.807) is 26.4 Å². The number of rotatable bonds is 6. The molecule has 1 aliphatic heterocycles. The molecule has 0 amide bonds. The van der Waals surface area contributed by atoms with E-state index in [2.05, 4.69) is 4.90 Å². The summed E-state index contributed by atoms with van der Waals surface area (Å²) in [6.45, 7) is 3.57. The summed E-state index contributed by atoms with van der Waals surface area (Å²) in [5.74, 6) is 1.60. The Balaban J connectivity index is 1.97. The summed E-state index contributed by atoms with van der Waals surface area (Å²) >= 11 is 0. The minimum Gasteiger partial charge on any atom is -0.508 e. The van der Waals surface area contributed by atoms with Crippen molar-refractivity contribution in [2.75, 3.05) is 33.9 Å². The first-order valence-electron chi connectivity index (χ1n) is 7.41. The number of hydrogen-bond donors (Lipinski definition) is 1. The van der Waals surface area contributed by atoms with Gasteiger partial charge in [-0.1, -0.05) is 6.42 Å². The van der Waals surface area contributed by atoms with E-state index < -0.39 is 0 Å². The van der Waals surface area contributed by atoms with E-state index in [-0.39, 0.29) is 5.75 Å². The fraction of sp³-hybridized carbons (Fsp3) is 0.625. The molecular weight excluding hydrogens is 254 g/mol. The fourth-order valence-corrected chi connectivity index (χ4v) is 2.88. The van der Waals surface area contributed by atoms with Gasteiger partial charge in [-0.05, 0) is 45.3 Å². The minimum absolute atomic E-state index is 0.179. The summed E-state index contributed by atoms with van der Waals surface area (Å²) in [6, 6.07) is 3.30. The Labute approximate surface area is 121 Å². The first kappa shape index (κ1) is 15.0. The predicted octanol–water partition coefficient (Wildman–Crippen LogP) is 2.83. The molecule has 0 bridgehead atoms. The maximum absolute atomic E-state index is 9.64. The third-order valence-corrected chi connectivity index (χ3v) is 3.94. The van der Waals surface area contributed by atoms with E-state index in [9.17, 15) is 5.11 Å². The number of piperidine rings is 1. The Morgan fingerprint density at radius 2 is 1.65 bits per heavy atom. The highest BCUT2D eigenvalue weighted by Gasteiger charge is 2.14. The molecule has 1 aromatic carbocycles. The Bertz CT molecular complexity index is 403. The zero-order valence-electron chi connectivity index (χ0n) is 12.5. The van der Waals surface area contributed by atoms with Crippen LogP contribution in [0, 0.1) is 0 Å². The molecule has 0 spiro atoms. The van der Waals surface area contributed by atoms with Crippen molar-refractivity contribution >= 4 is 0 Å². The van der Waals surface area contributed by atoms with Crippen molar-refractivity contribution in [3.05, 3.63) is 17.7 Å². The molecule has 1 saturated heterocycles. The number of phenols is 1. The van der Waals surface area contributed by atoms with E-state index in [4.69, 9.17) is 9.47 Å². The summed E-state index contributed by atoms with van der Waals surface area (Å²) in [5, 5.41) is 9.64. The van der Waals surface area contributed by atoms with E-state index in [1.807, 2.05) is 0 Å². The van der Waals surface area contributed by atoms with Gasteiger partial charge in [-0.2, -0.15) is 0 Å². The quantitative estimate of drug-likeness (QED) is 0.869. The Hall–Kier alpha value is -1.42. The standard InChI is InChI=1S/C16H25NO3/c1-19-15-11-13(18)12-16(20-2)14(15)7-6-10-17-8-4-3-5-9-17/h11-12,18H,3-10H2,1-2H3. The summed E-state index contributed by atoms with van der Waals surface area (Å²) in [5.41, 5.74) is 1.05. The van der Waals surface area contributed by atoms with Crippen molar-refractivity contribution in [3.63, 3.8) is 0 Å². The van der Waals surface area contributed by atoms with Gasteiger partial charge in [0, 0.05) is 17.7 Å². The zero-order chi connectivity index (χ0) is 14.4. The van der Waals surface area contributed by atoms with Gasteiger partial charge in [0.05, 0.1) is 14.2 Å². The second kappa shape index (κ2) is 7.39. The largest absolute Gasteiger partial charge is 0.508 e. The molecule has 0 unspecified atom stereocenters. The molecule has 20 heavy (non-hydrogen) atoms. The van der Waals surface area contributed by atoms with Crippen LogP contribution >= 0.6 is 0 Å². The van der Waals surface area contributed by atoms with Gasteiger partial charge in [-0.25, -0.2) is 0 Å². The summed E-state index contributed by atoms with van der Waals surface area (Å²) in [6.07, 6.45) is 6.01. The number of ether oxygens (including phenoxy) is 2. The van der Waals surface area contributed by atoms with Gasteiger partial charge < -0.3 is 19.5 Å². The number of aromatic hydroxyl groups is 1. The molecule has 2 rings (SSSR count). The van der Waals surface area contributed by atoms with Crippen LogP contribution in [0.1, 0.15) is 31.2 Å². The monoisotopic (exact) mass is 279 g/mol. The summed E-state index contributed by atoms with van der Waals surface area (Å²) in [4.78, 5) is 2.53. The molecule has 0 atom stereocenters. The van der Waals surface area contributed by atoms with Gasteiger partial charge >= 0.3 is 0 Å². The molecule has 0 radical (unpaired) electrons. The highest BCUT2D eigenvalue weighted by atomic mass is 16.5. The molecule has 1 aliphatic rings. The fourth-order valence-electron chi connectivity index (χ4n) is 2.88. The van der Waals surface area contributed by atoms with Crippen molar-refractivity contribution in [1.29, 1.82) is 0 Å². The van der Waals surface area contributed by atoms with E-state index in [0.29, 0.717) is 11.5 Å². The molecule has 1 aromatic rings. The molecule has 112 valence electrons. The van der Waals surface area contributed by atoms with Crippen molar-refractivity contribution in [1.82, 2.24) is 4.90 Å². The smallest absolute Gasteiger partial charge is 0.129 e. The first-order valence-corrected chi connectivity index (χ1v) is 7.41. The third-order valence-electron chi connectivity index (χ3n) is 3.94.